The van der Waals surface area contributed by atoms with Gasteiger partial charge in [0.05, 0.1) is 0 Å². The molecule has 1 saturated heterocycles. The van der Waals surface area contributed by atoms with Crippen LogP contribution in [0.15, 0.2) is 18.2 Å². The zero-order chi connectivity index (χ0) is 17.4. The van der Waals surface area contributed by atoms with Crippen LogP contribution in [0.25, 0.3) is 0 Å². The van der Waals surface area contributed by atoms with Gasteiger partial charge in [0.25, 0.3) is 0 Å². The van der Waals surface area contributed by atoms with Gasteiger partial charge < -0.3 is 9.64 Å². The molecule has 25 heavy (non-hydrogen) atoms. The largest absolute Gasteiger partial charge is 0.489 e. The van der Waals surface area contributed by atoms with Crippen molar-refractivity contribution in [2.24, 2.45) is 5.92 Å². The summed E-state index contributed by atoms with van der Waals surface area (Å²) in [5, 5.41) is 0.734. The lowest BCUT2D eigenvalue weighted by Crippen LogP contribution is -2.38. The number of benzene rings is 1. The standard InChI is InChI=1S/C20H27ClN2O2/c1-14-11-22(13-16-10-17(21)5-6-19(16)25-14)8-7-20(24)23-12-15-3-2-4-18(23)9-15/h5-6,10,14-15,18H,2-4,7-9,11-13H2,1H3. The summed E-state index contributed by atoms with van der Waals surface area (Å²) in [5.41, 5.74) is 1.11. The molecular weight excluding hydrogens is 336 g/mol. The first-order chi connectivity index (χ1) is 12.1. The Morgan fingerprint density at radius 3 is 3.04 bits per heavy atom. The molecule has 2 bridgehead atoms. The van der Waals surface area contributed by atoms with Crippen molar-refractivity contribution in [3.63, 3.8) is 0 Å². The Balaban J connectivity index is 1.38. The molecule has 2 aliphatic heterocycles. The number of amides is 1. The number of fused-ring (bicyclic) bond motifs is 3. The van der Waals surface area contributed by atoms with E-state index in [-0.39, 0.29) is 6.10 Å². The predicted molar refractivity (Wildman–Crippen MR) is 98.9 cm³/mol. The summed E-state index contributed by atoms with van der Waals surface area (Å²) in [5.74, 6) is 2.00. The Labute approximate surface area is 155 Å². The molecule has 4 rings (SSSR count). The second kappa shape index (κ2) is 7.16. The van der Waals surface area contributed by atoms with Crippen LogP contribution < -0.4 is 4.74 Å². The number of carbonyl (C=O) groups is 1. The van der Waals surface area contributed by atoms with Crippen molar-refractivity contribution in [3.8, 4) is 5.75 Å². The third kappa shape index (κ3) is 3.80. The number of likely N-dealkylation sites (tertiary alicyclic amines) is 1. The average molecular weight is 363 g/mol. The summed E-state index contributed by atoms with van der Waals surface area (Å²) in [7, 11) is 0. The van der Waals surface area contributed by atoms with Crippen LogP contribution in [-0.4, -0.2) is 47.5 Å². The molecule has 1 saturated carbocycles. The highest BCUT2D eigenvalue weighted by atomic mass is 35.5. The first-order valence-electron chi connectivity index (χ1n) is 9.55. The maximum absolute atomic E-state index is 12.7. The van der Waals surface area contributed by atoms with Crippen LogP contribution in [0.5, 0.6) is 5.75 Å². The van der Waals surface area contributed by atoms with E-state index >= 15 is 0 Å². The van der Waals surface area contributed by atoms with Gasteiger partial charge in [0, 0.05) is 49.2 Å². The highest BCUT2D eigenvalue weighted by Crippen LogP contribution is 2.35. The molecule has 2 fully saturated rings. The molecule has 5 heteroatoms. The number of carbonyl (C=O) groups excluding carboxylic acids is 1. The molecule has 2 heterocycles. The monoisotopic (exact) mass is 362 g/mol. The van der Waals surface area contributed by atoms with Gasteiger partial charge in [-0.1, -0.05) is 18.0 Å². The fraction of sp³-hybridized carbons (Fsp3) is 0.650. The smallest absolute Gasteiger partial charge is 0.224 e. The van der Waals surface area contributed by atoms with Crippen LogP contribution in [0.1, 0.15) is 44.6 Å². The number of rotatable bonds is 3. The Bertz CT molecular complexity index is 651. The number of nitrogens with zero attached hydrogens (tertiary/aromatic N) is 2. The fourth-order valence-electron chi connectivity index (χ4n) is 4.72. The van der Waals surface area contributed by atoms with Gasteiger partial charge in [0.2, 0.25) is 5.91 Å². The molecule has 0 aromatic heterocycles. The van der Waals surface area contributed by atoms with E-state index in [1.807, 2.05) is 18.2 Å². The molecule has 0 radical (unpaired) electrons. The van der Waals surface area contributed by atoms with Gasteiger partial charge in [-0.2, -0.15) is 0 Å². The second-order valence-corrected chi connectivity index (χ2v) is 8.33. The minimum absolute atomic E-state index is 0.114. The zero-order valence-corrected chi connectivity index (χ0v) is 15.7. The van der Waals surface area contributed by atoms with Gasteiger partial charge in [-0.05, 0) is 50.3 Å². The first-order valence-corrected chi connectivity index (χ1v) is 9.93. The Morgan fingerprint density at radius 2 is 2.20 bits per heavy atom. The van der Waals surface area contributed by atoms with Crippen molar-refractivity contribution in [1.82, 2.24) is 9.80 Å². The van der Waals surface area contributed by atoms with Crippen LogP contribution in [0.3, 0.4) is 0 Å². The van der Waals surface area contributed by atoms with E-state index < -0.39 is 0 Å². The maximum Gasteiger partial charge on any atom is 0.224 e. The molecule has 1 amide bonds. The molecule has 0 spiro atoms. The number of ether oxygens (including phenoxy) is 1. The Hall–Kier alpha value is -1.26. The molecule has 1 aromatic rings. The highest BCUT2D eigenvalue weighted by Gasteiger charge is 2.37. The number of hydrogen-bond acceptors (Lipinski definition) is 3. The quantitative estimate of drug-likeness (QED) is 0.821. The Morgan fingerprint density at radius 1 is 1.32 bits per heavy atom. The molecule has 3 aliphatic rings. The van der Waals surface area contributed by atoms with E-state index in [1.165, 1.54) is 25.7 Å². The van der Waals surface area contributed by atoms with E-state index in [1.54, 1.807) is 0 Å². The van der Waals surface area contributed by atoms with Gasteiger partial charge in [-0.25, -0.2) is 0 Å². The van der Waals surface area contributed by atoms with E-state index in [0.717, 1.165) is 48.4 Å². The lowest BCUT2D eigenvalue weighted by molar-refractivity contribution is -0.132. The van der Waals surface area contributed by atoms with Crippen molar-refractivity contribution in [2.75, 3.05) is 19.6 Å². The van der Waals surface area contributed by atoms with Crippen molar-refractivity contribution in [1.29, 1.82) is 0 Å². The van der Waals surface area contributed by atoms with Crippen LogP contribution in [0, 0.1) is 5.92 Å². The van der Waals surface area contributed by atoms with Crippen LogP contribution in [0.2, 0.25) is 5.02 Å². The number of halogens is 1. The lowest BCUT2D eigenvalue weighted by Gasteiger charge is -2.26. The van der Waals surface area contributed by atoms with Crippen LogP contribution >= 0.6 is 11.6 Å². The van der Waals surface area contributed by atoms with E-state index in [2.05, 4.69) is 16.7 Å². The van der Waals surface area contributed by atoms with E-state index in [4.69, 9.17) is 16.3 Å². The molecule has 136 valence electrons. The molecule has 4 nitrogen and oxygen atoms in total. The summed E-state index contributed by atoms with van der Waals surface area (Å²) in [6.45, 7) is 5.49. The van der Waals surface area contributed by atoms with E-state index in [9.17, 15) is 4.79 Å². The molecular formula is C20H27ClN2O2. The Kier molecular flexibility index (Phi) is 4.92. The third-order valence-corrected chi connectivity index (χ3v) is 6.11. The summed E-state index contributed by atoms with van der Waals surface area (Å²) in [4.78, 5) is 17.2. The van der Waals surface area contributed by atoms with Crippen LogP contribution in [0.4, 0.5) is 0 Å². The van der Waals surface area contributed by atoms with Gasteiger partial charge in [0.15, 0.2) is 0 Å². The SMILES string of the molecule is CC1CN(CCC(=O)N2CC3CCCC2C3)Cc2cc(Cl)ccc2O1. The summed E-state index contributed by atoms with van der Waals surface area (Å²) in [6, 6.07) is 6.32. The second-order valence-electron chi connectivity index (χ2n) is 7.90. The maximum atomic E-state index is 12.7. The van der Waals surface area contributed by atoms with Gasteiger partial charge >= 0.3 is 0 Å². The van der Waals surface area contributed by atoms with E-state index in [0.29, 0.717) is 18.4 Å². The predicted octanol–water partition coefficient (Wildman–Crippen LogP) is 3.71. The van der Waals surface area contributed by atoms with Crippen LogP contribution in [-0.2, 0) is 11.3 Å². The zero-order valence-electron chi connectivity index (χ0n) is 14.9. The molecule has 1 aromatic carbocycles. The van der Waals surface area contributed by atoms with Crippen molar-refractivity contribution in [3.05, 3.63) is 28.8 Å². The van der Waals surface area contributed by atoms with Crippen molar-refractivity contribution < 1.29 is 9.53 Å². The van der Waals surface area contributed by atoms with Gasteiger partial charge in [-0.15, -0.1) is 0 Å². The highest BCUT2D eigenvalue weighted by molar-refractivity contribution is 6.30. The van der Waals surface area contributed by atoms with Crippen molar-refractivity contribution >= 4 is 17.5 Å². The summed E-state index contributed by atoms with van der Waals surface area (Å²) < 4.78 is 6.01. The molecule has 0 N–H and O–H groups in total. The summed E-state index contributed by atoms with van der Waals surface area (Å²) in [6.07, 6.45) is 5.74. The first kappa shape index (κ1) is 17.2. The summed E-state index contributed by atoms with van der Waals surface area (Å²) >= 11 is 6.14. The van der Waals surface area contributed by atoms with Crippen molar-refractivity contribution in [2.45, 2.75) is 57.7 Å². The molecule has 3 atom stereocenters. The lowest BCUT2D eigenvalue weighted by atomic mass is 9.90. The van der Waals surface area contributed by atoms with Gasteiger partial charge in [-0.3, -0.25) is 9.69 Å². The molecule has 3 unspecified atom stereocenters. The molecule has 1 aliphatic carbocycles. The average Bonchev–Trinajstić information content (AvgIpc) is 2.78. The number of hydrogen-bond donors (Lipinski definition) is 0. The minimum atomic E-state index is 0.114. The third-order valence-electron chi connectivity index (χ3n) is 5.87. The fourth-order valence-corrected chi connectivity index (χ4v) is 4.92. The minimum Gasteiger partial charge on any atom is -0.489 e. The topological polar surface area (TPSA) is 32.8 Å². The van der Waals surface area contributed by atoms with Gasteiger partial charge in [0.1, 0.15) is 11.9 Å². The normalized spacial score (nSPS) is 29.0.